The van der Waals surface area contributed by atoms with Crippen LogP contribution < -0.4 is 11.1 Å². The van der Waals surface area contributed by atoms with E-state index in [1.807, 2.05) is 6.92 Å². The summed E-state index contributed by atoms with van der Waals surface area (Å²) >= 11 is 0. The molecular formula is C14H20N2O2. The van der Waals surface area contributed by atoms with Crippen LogP contribution >= 0.6 is 0 Å². The highest BCUT2D eigenvalue weighted by atomic mass is 16.1. The van der Waals surface area contributed by atoms with Crippen molar-refractivity contribution in [1.82, 2.24) is 0 Å². The average molecular weight is 248 g/mol. The highest BCUT2D eigenvalue weighted by Crippen LogP contribution is 2.13. The topological polar surface area (TPSA) is 72.2 Å². The molecule has 0 fully saturated rings. The van der Waals surface area contributed by atoms with Crippen molar-refractivity contribution in [3.05, 3.63) is 29.8 Å². The number of Topliss-reactive ketones (excluding diaryl/α,β-unsaturated/α-hetero) is 1. The number of nitrogens with one attached hydrogen (secondary N) is 1. The van der Waals surface area contributed by atoms with E-state index in [4.69, 9.17) is 5.73 Å². The fourth-order valence-corrected chi connectivity index (χ4v) is 1.68. The summed E-state index contributed by atoms with van der Waals surface area (Å²) in [6.45, 7) is 4.03. The first-order chi connectivity index (χ1) is 8.56. The lowest BCUT2D eigenvalue weighted by Crippen LogP contribution is -2.21. The van der Waals surface area contributed by atoms with Crippen molar-refractivity contribution in [3.63, 3.8) is 0 Å². The molecule has 1 rings (SSSR count). The van der Waals surface area contributed by atoms with Gasteiger partial charge in [0.25, 0.3) is 0 Å². The van der Waals surface area contributed by atoms with E-state index >= 15 is 0 Å². The molecule has 3 N–H and O–H groups in total. The summed E-state index contributed by atoms with van der Waals surface area (Å²) in [6, 6.07) is 6.94. The van der Waals surface area contributed by atoms with Gasteiger partial charge in [0, 0.05) is 17.7 Å². The third-order valence-corrected chi connectivity index (χ3v) is 2.94. The summed E-state index contributed by atoms with van der Waals surface area (Å²) in [5, 5.41) is 2.79. The smallest absolute Gasteiger partial charge is 0.224 e. The van der Waals surface area contributed by atoms with Gasteiger partial charge in [0.1, 0.15) is 0 Å². The normalized spacial score (nSPS) is 11.9. The summed E-state index contributed by atoms with van der Waals surface area (Å²) < 4.78 is 0. The van der Waals surface area contributed by atoms with Gasteiger partial charge in [-0.2, -0.15) is 0 Å². The maximum atomic E-state index is 11.8. The van der Waals surface area contributed by atoms with Crippen molar-refractivity contribution >= 4 is 17.4 Å². The number of carbonyl (C=O) groups excluding carboxylic acids is 2. The Morgan fingerprint density at radius 1 is 1.39 bits per heavy atom. The highest BCUT2D eigenvalue weighted by molar-refractivity contribution is 5.97. The predicted molar refractivity (Wildman–Crippen MR) is 72.5 cm³/mol. The molecule has 0 spiro atoms. The number of hydrogen-bond donors (Lipinski definition) is 2. The molecule has 18 heavy (non-hydrogen) atoms. The summed E-state index contributed by atoms with van der Waals surface area (Å²) in [5.74, 6) is 0.133. The van der Waals surface area contributed by atoms with Crippen LogP contribution in [0.3, 0.4) is 0 Å². The molecule has 0 saturated carbocycles. The van der Waals surface area contributed by atoms with Crippen LogP contribution in [0.5, 0.6) is 0 Å². The lowest BCUT2D eigenvalue weighted by Gasteiger charge is -2.12. The first-order valence-corrected chi connectivity index (χ1v) is 6.17. The SMILES string of the molecule is CCC(CN)CC(=O)Nc1cccc(C(C)=O)c1. The Morgan fingerprint density at radius 3 is 2.67 bits per heavy atom. The average Bonchev–Trinajstić information content (AvgIpc) is 2.36. The molecule has 1 atom stereocenters. The van der Waals surface area contributed by atoms with Crippen LogP contribution in [0.4, 0.5) is 5.69 Å². The molecule has 0 radical (unpaired) electrons. The molecule has 4 nitrogen and oxygen atoms in total. The second-order valence-electron chi connectivity index (χ2n) is 4.40. The number of anilines is 1. The van der Waals surface area contributed by atoms with Gasteiger partial charge in [0.2, 0.25) is 5.91 Å². The lowest BCUT2D eigenvalue weighted by atomic mass is 10.0. The summed E-state index contributed by atoms with van der Waals surface area (Å²) in [7, 11) is 0. The van der Waals surface area contributed by atoms with Crippen LogP contribution in [0, 0.1) is 5.92 Å². The van der Waals surface area contributed by atoms with Gasteiger partial charge < -0.3 is 11.1 Å². The van der Waals surface area contributed by atoms with Crippen molar-refractivity contribution in [3.8, 4) is 0 Å². The van der Waals surface area contributed by atoms with E-state index in [-0.39, 0.29) is 17.6 Å². The molecule has 0 aliphatic carbocycles. The van der Waals surface area contributed by atoms with Crippen LogP contribution in [-0.2, 0) is 4.79 Å². The Labute approximate surface area is 108 Å². The number of hydrogen-bond acceptors (Lipinski definition) is 3. The quantitative estimate of drug-likeness (QED) is 0.758. The van der Waals surface area contributed by atoms with Gasteiger partial charge in [-0.05, 0) is 31.5 Å². The maximum absolute atomic E-state index is 11.8. The summed E-state index contributed by atoms with van der Waals surface area (Å²) in [6.07, 6.45) is 1.30. The van der Waals surface area contributed by atoms with Crippen molar-refractivity contribution in [2.24, 2.45) is 11.7 Å². The third kappa shape index (κ3) is 4.30. The van der Waals surface area contributed by atoms with Crippen molar-refractivity contribution in [2.45, 2.75) is 26.7 Å². The van der Waals surface area contributed by atoms with E-state index in [9.17, 15) is 9.59 Å². The second-order valence-corrected chi connectivity index (χ2v) is 4.40. The van der Waals surface area contributed by atoms with Crippen LogP contribution in [0.25, 0.3) is 0 Å². The summed E-state index contributed by atoms with van der Waals surface area (Å²) in [5.41, 5.74) is 6.81. The molecule has 1 unspecified atom stereocenters. The number of rotatable bonds is 6. The molecule has 0 aliphatic heterocycles. The first-order valence-electron chi connectivity index (χ1n) is 6.17. The van der Waals surface area contributed by atoms with Crippen molar-refractivity contribution in [1.29, 1.82) is 0 Å². The zero-order chi connectivity index (χ0) is 13.5. The molecule has 0 heterocycles. The Hall–Kier alpha value is -1.68. The largest absolute Gasteiger partial charge is 0.330 e. The predicted octanol–water partition coefficient (Wildman–Crippen LogP) is 2.20. The minimum atomic E-state index is -0.0620. The molecule has 1 amide bonds. The molecule has 0 aromatic heterocycles. The van der Waals surface area contributed by atoms with Gasteiger partial charge in [-0.3, -0.25) is 9.59 Å². The molecule has 4 heteroatoms. The van der Waals surface area contributed by atoms with Crippen LogP contribution in [0.2, 0.25) is 0 Å². The lowest BCUT2D eigenvalue weighted by molar-refractivity contribution is -0.117. The van der Waals surface area contributed by atoms with E-state index in [0.29, 0.717) is 24.2 Å². The number of ketones is 1. The molecule has 1 aromatic rings. The van der Waals surface area contributed by atoms with Gasteiger partial charge in [0.05, 0.1) is 0 Å². The molecule has 0 saturated heterocycles. The number of benzene rings is 1. The molecule has 98 valence electrons. The number of nitrogens with two attached hydrogens (primary N) is 1. The molecular weight excluding hydrogens is 228 g/mol. The Kier molecular flexibility index (Phi) is 5.52. The first kappa shape index (κ1) is 14.4. The van der Waals surface area contributed by atoms with Crippen LogP contribution in [0.1, 0.15) is 37.0 Å². The molecule has 0 aliphatic rings. The minimum Gasteiger partial charge on any atom is -0.330 e. The zero-order valence-electron chi connectivity index (χ0n) is 10.9. The van der Waals surface area contributed by atoms with Crippen LogP contribution in [0.15, 0.2) is 24.3 Å². The van der Waals surface area contributed by atoms with Gasteiger partial charge in [0.15, 0.2) is 5.78 Å². The fraction of sp³-hybridized carbons (Fsp3) is 0.429. The van der Waals surface area contributed by atoms with Gasteiger partial charge in [-0.25, -0.2) is 0 Å². The highest BCUT2D eigenvalue weighted by Gasteiger charge is 2.11. The summed E-state index contributed by atoms with van der Waals surface area (Å²) in [4.78, 5) is 23.0. The van der Waals surface area contributed by atoms with E-state index in [2.05, 4.69) is 5.32 Å². The second kappa shape index (κ2) is 6.91. The third-order valence-electron chi connectivity index (χ3n) is 2.94. The minimum absolute atomic E-state index is 0.0144. The monoisotopic (exact) mass is 248 g/mol. The van der Waals surface area contributed by atoms with Crippen molar-refractivity contribution < 1.29 is 9.59 Å². The Balaban J connectivity index is 2.64. The molecule has 1 aromatic carbocycles. The van der Waals surface area contributed by atoms with Gasteiger partial charge in [-0.1, -0.05) is 25.5 Å². The zero-order valence-corrected chi connectivity index (χ0v) is 10.9. The van der Waals surface area contributed by atoms with E-state index in [1.165, 1.54) is 6.92 Å². The van der Waals surface area contributed by atoms with Gasteiger partial charge >= 0.3 is 0 Å². The van der Waals surface area contributed by atoms with Gasteiger partial charge in [-0.15, -0.1) is 0 Å². The fourth-order valence-electron chi connectivity index (χ4n) is 1.68. The number of amides is 1. The van der Waals surface area contributed by atoms with E-state index < -0.39 is 0 Å². The maximum Gasteiger partial charge on any atom is 0.224 e. The van der Waals surface area contributed by atoms with Crippen LogP contribution in [-0.4, -0.2) is 18.2 Å². The molecule has 0 bridgehead atoms. The number of carbonyl (C=O) groups is 2. The Bertz CT molecular complexity index is 426. The Morgan fingerprint density at radius 2 is 2.11 bits per heavy atom. The van der Waals surface area contributed by atoms with Crippen molar-refractivity contribution in [2.75, 3.05) is 11.9 Å². The van der Waals surface area contributed by atoms with E-state index in [0.717, 1.165) is 6.42 Å². The van der Waals surface area contributed by atoms with E-state index in [1.54, 1.807) is 24.3 Å². The standard InChI is InChI=1S/C14H20N2O2/c1-3-11(9-15)7-14(18)16-13-6-4-5-12(8-13)10(2)17/h4-6,8,11H,3,7,9,15H2,1-2H3,(H,16,18).